The molecule has 1 aliphatic heterocycles. The summed E-state index contributed by atoms with van der Waals surface area (Å²) in [6.07, 6.45) is 9.46. The Bertz CT molecular complexity index is 435. The molecular weight excluding hydrogens is 232 g/mol. The number of fused-ring (bicyclic) bond motifs is 2. The van der Waals surface area contributed by atoms with Crippen LogP contribution in [0.2, 0.25) is 0 Å². The Morgan fingerprint density at radius 1 is 1.39 bits per heavy atom. The van der Waals surface area contributed by atoms with Crippen LogP contribution in [0.15, 0.2) is 23.8 Å². The van der Waals surface area contributed by atoms with E-state index in [1.807, 2.05) is 6.08 Å². The Hall–Kier alpha value is -1.58. The molecule has 1 saturated heterocycles. The van der Waals surface area contributed by atoms with Crippen LogP contribution in [-0.2, 0) is 19.1 Å². The van der Waals surface area contributed by atoms with E-state index in [4.69, 9.17) is 9.47 Å². The predicted octanol–water partition coefficient (Wildman–Crippen LogP) is 1.76. The lowest BCUT2D eigenvalue weighted by molar-refractivity contribution is -0.161. The van der Waals surface area contributed by atoms with Crippen molar-refractivity contribution >= 4 is 11.9 Å². The van der Waals surface area contributed by atoms with Crippen LogP contribution in [-0.4, -0.2) is 24.6 Å². The van der Waals surface area contributed by atoms with Crippen LogP contribution in [0.25, 0.3) is 0 Å². The largest absolute Gasteiger partial charge is 0.462 e. The minimum absolute atomic E-state index is 0.0613. The lowest BCUT2D eigenvalue weighted by atomic mass is 9.96. The smallest absolute Gasteiger partial charge is 0.310 e. The van der Waals surface area contributed by atoms with Crippen molar-refractivity contribution in [3.05, 3.63) is 23.8 Å². The van der Waals surface area contributed by atoms with Gasteiger partial charge < -0.3 is 9.47 Å². The lowest BCUT2D eigenvalue weighted by Crippen LogP contribution is -2.30. The second-order valence-electron chi connectivity index (χ2n) is 5.11. The van der Waals surface area contributed by atoms with Crippen LogP contribution in [0.1, 0.15) is 25.7 Å². The molecule has 0 spiro atoms. The highest BCUT2D eigenvalue weighted by Crippen LogP contribution is 2.41. The topological polar surface area (TPSA) is 52.6 Å². The molecule has 0 aromatic rings. The number of hydrogen-bond donors (Lipinski definition) is 0. The average Bonchev–Trinajstić information content (AvgIpc) is 2.96. The van der Waals surface area contributed by atoms with Crippen LogP contribution in [0.5, 0.6) is 0 Å². The zero-order valence-corrected chi connectivity index (χ0v) is 10.1. The summed E-state index contributed by atoms with van der Waals surface area (Å²) in [7, 11) is 0. The van der Waals surface area contributed by atoms with Gasteiger partial charge >= 0.3 is 11.9 Å². The van der Waals surface area contributed by atoms with Crippen molar-refractivity contribution in [3.8, 4) is 0 Å². The van der Waals surface area contributed by atoms with Gasteiger partial charge in [-0.3, -0.25) is 9.59 Å². The molecule has 96 valence electrons. The van der Waals surface area contributed by atoms with Crippen molar-refractivity contribution in [2.75, 3.05) is 6.61 Å². The molecule has 18 heavy (non-hydrogen) atoms. The Labute approximate surface area is 106 Å². The van der Waals surface area contributed by atoms with Gasteiger partial charge in [0.05, 0.1) is 11.8 Å². The molecule has 2 aliphatic carbocycles. The summed E-state index contributed by atoms with van der Waals surface area (Å²) in [6.45, 7) is 0.318. The molecule has 3 unspecified atom stereocenters. The van der Waals surface area contributed by atoms with Gasteiger partial charge in [0.1, 0.15) is 12.7 Å². The van der Waals surface area contributed by atoms with E-state index in [-0.39, 0.29) is 29.9 Å². The molecule has 1 heterocycles. The van der Waals surface area contributed by atoms with E-state index in [0.29, 0.717) is 19.4 Å². The predicted molar refractivity (Wildman–Crippen MR) is 63.5 cm³/mol. The average molecular weight is 248 g/mol. The van der Waals surface area contributed by atoms with Crippen LogP contribution >= 0.6 is 0 Å². The zero-order valence-electron chi connectivity index (χ0n) is 10.1. The molecule has 3 atom stereocenters. The number of ether oxygens (including phenoxy) is 2. The third kappa shape index (κ3) is 2.07. The number of esters is 2. The van der Waals surface area contributed by atoms with E-state index in [1.54, 1.807) is 0 Å². The summed E-state index contributed by atoms with van der Waals surface area (Å²) in [6, 6.07) is 0. The van der Waals surface area contributed by atoms with E-state index in [2.05, 4.69) is 12.2 Å². The standard InChI is InChI=1S/C14H16O4/c15-13(17-8-9-4-2-1-3-5-9)11-6-10-7-12(11)14(16)18-10/h2,4-5,10-12H,1,3,6-8H2. The first-order valence-corrected chi connectivity index (χ1v) is 6.47. The molecule has 0 amide bonds. The van der Waals surface area contributed by atoms with Crippen molar-refractivity contribution in [2.45, 2.75) is 31.8 Å². The summed E-state index contributed by atoms with van der Waals surface area (Å²) in [5.41, 5.74) is 1.04. The van der Waals surface area contributed by atoms with Gasteiger partial charge in [0, 0.05) is 0 Å². The maximum Gasteiger partial charge on any atom is 0.310 e. The van der Waals surface area contributed by atoms with Gasteiger partial charge in [0.15, 0.2) is 0 Å². The molecule has 0 aromatic heterocycles. The van der Waals surface area contributed by atoms with Gasteiger partial charge in [-0.15, -0.1) is 0 Å². The Morgan fingerprint density at radius 2 is 2.28 bits per heavy atom. The Balaban J connectivity index is 1.54. The maximum atomic E-state index is 11.9. The number of hydrogen-bond acceptors (Lipinski definition) is 4. The number of allylic oxidation sites excluding steroid dienone is 2. The van der Waals surface area contributed by atoms with Gasteiger partial charge in [0.2, 0.25) is 0 Å². The minimum Gasteiger partial charge on any atom is -0.462 e. The molecule has 0 N–H and O–H groups in total. The first-order valence-electron chi connectivity index (χ1n) is 6.47. The monoisotopic (exact) mass is 248 g/mol. The maximum absolute atomic E-state index is 11.9. The highest BCUT2D eigenvalue weighted by molar-refractivity contribution is 5.85. The molecule has 2 fully saturated rings. The molecule has 3 aliphatic rings. The summed E-state index contributed by atoms with van der Waals surface area (Å²) in [4.78, 5) is 23.3. The highest BCUT2D eigenvalue weighted by Gasteiger charge is 2.51. The molecular formula is C14H16O4. The molecule has 4 heteroatoms. The van der Waals surface area contributed by atoms with Crippen LogP contribution in [0.4, 0.5) is 0 Å². The third-order valence-corrected chi connectivity index (χ3v) is 3.86. The van der Waals surface area contributed by atoms with Crippen molar-refractivity contribution in [2.24, 2.45) is 11.8 Å². The van der Waals surface area contributed by atoms with Crippen LogP contribution in [0, 0.1) is 11.8 Å². The van der Waals surface area contributed by atoms with Crippen molar-refractivity contribution < 1.29 is 19.1 Å². The lowest BCUT2D eigenvalue weighted by Gasteiger charge is -2.19. The minimum atomic E-state index is -0.288. The van der Waals surface area contributed by atoms with E-state index < -0.39 is 0 Å². The number of carbonyl (C=O) groups is 2. The van der Waals surface area contributed by atoms with Gasteiger partial charge in [-0.2, -0.15) is 0 Å². The third-order valence-electron chi connectivity index (χ3n) is 3.86. The van der Waals surface area contributed by atoms with Gasteiger partial charge in [-0.1, -0.05) is 18.2 Å². The van der Waals surface area contributed by atoms with Crippen molar-refractivity contribution in [3.63, 3.8) is 0 Å². The second kappa shape index (κ2) is 4.59. The van der Waals surface area contributed by atoms with E-state index in [9.17, 15) is 9.59 Å². The van der Waals surface area contributed by atoms with E-state index in [1.165, 1.54) is 0 Å². The second-order valence-corrected chi connectivity index (χ2v) is 5.11. The molecule has 4 nitrogen and oxygen atoms in total. The molecule has 0 aromatic carbocycles. The van der Waals surface area contributed by atoms with Crippen molar-refractivity contribution in [1.82, 2.24) is 0 Å². The fourth-order valence-electron chi connectivity index (χ4n) is 2.90. The summed E-state index contributed by atoms with van der Waals surface area (Å²) >= 11 is 0. The van der Waals surface area contributed by atoms with Crippen molar-refractivity contribution in [1.29, 1.82) is 0 Å². The Morgan fingerprint density at radius 3 is 2.94 bits per heavy atom. The number of rotatable bonds is 3. The summed E-state index contributed by atoms with van der Waals surface area (Å²) in [5.74, 6) is -1.04. The van der Waals surface area contributed by atoms with Gasteiger partial charge in [0.25, 0.3) is 0 Å². The fourth-order valence-corrected chi connectivity index (χ4v) is 2.90. The first kappa shape index (κ1) is 11.5. The summed E-state index contributed by atoms with van der Waals surface area (Å²) < 4.78 is 10.4. The highest BCUT2D eigenvalue weighted by atomic mass is 16.6. The fraction of sp³-hybridized carbons (Fsp3) is 0.571. The number of carbonyl (C=O) groups excluding carboxylic acids is 2. The van der Waals surface area contributed by atoms with Crippen LogP contribution < -0.4 is 0 Å². The SMILES string of the molecule is O=C(OCC1=CCCC=C1)C1CC2CC1C(=O)O2. The molecule has 3 rings (SSSR count). The quantitative estimate of drug-likeness (QED) is 0.714. The van der Waals surface area contributed by atoms with E-state index >= 15 is 0 Å². The Kier molecular flexibility index (Phi) is 2.94. The molecule has 0 radical (unpaired) electrons. The summed E-state index contributed by atoms with van der Waals surface area (Å²) in [5, 5.41) is 0. The molecule has 1 saturated carbocycles. The van der Waals surface area contributed by atoms with Gasteiger partial charge in [-0.25, -0.2) is 0 Å². The van der Waals surface area contributed by atoms with E-state index in [0.717, 1.165) is 18.4 Å². The zero-order chi connectivity index (χ0) is 12.5. The first-order chi connectivity index (χ1) is 8.74. The molecule has 2 bridgehead atoms. The van der Waals surface area contributed by atoms with Gasteiger partial charge in [-0.05, 0) is 31.3 Å². The normalized spacial score (nSPS) is 33.2. The van der Waals surface area contributed by atoms with Crippen LogP contribution in [0.3, 0.4) is 0 Å².